The molecule has 3 aromatic rings. The highest BCUT2D eigenvalue weighted by molar-refractivity contribution is 7.91. The van der Waals surface area contributed by atoms with Gasteiger partial charge in [-0.2, -0.15) is 9.65 Å². The largest absolute Gasteiger partial charge is 0.476 e. The van der Waals surface area contributed by atoms with Gasteiger partial charge in [0.05, 0.1) is 23.4 Å². The number of rotatable bonds is 7. The number of aryl methyl sites for hydroxylation is 1. The molecule has 1 N–H and O–H groups in total. The molecule has 0 atom stereocenters. The Balaban J connectivity index is 1.20. The number of amides is 3. The highest BCUT2D eigenvalue weighted by Gasteiger charge is 2.33. The van der Waals surface area contributed by atoms with Crippen molar-refractivity contribution in [3.8, 4) is 23.1 Å². The lowest BCUT2D eigenvalue weighted by Crippen LogP contribution is -2.49. The second-order valence-electron chi connectivity index (χ2n) is 11.2. The van der Waals surface area contributed by atoms with Crippen molar-refractivity contribution in [1.82, 2.24) is 19.4 Å². The Morgan fingerprint density at radius 2 is 1.74 bits per heavy atom. The van der Waals surface area contributed by atoms with Crippen molar-refractivity contribution in [2.45, 2.75) is 19.8 Å². The summed E-state index contributed by atoms with van der Waals surface area (Å²) in [5.41, 5.74) is 1.45. The van der Waals surface area contributed by atoms with Crippen molar-refractivity contribution in [2.75, 3.05) is 49.6 Å². The number of aromatic nitrogens is 2. The van der Waals surface area contributed by atoms with Crippen LogP contribution in [-0.2, 0) is 21.7 Å². The lowest BCUT2D eigenvalue weighted by molar-refractivity contribution is -0.136. The number of carbonyl (C=O) groups is 3. The van der Waals surface area contributed by atoms with Crippen LogP contribution in [0.2, 0.25) is 0 Å². The Hall–Kier alpha value is -4.84. The molecule has 12 nitrogen and oxygen atoms in total. The maximum atomic E-state index is 14.8. The van der Waals surface area contributed by atoms with Gasteiger partial charge in [0.1, 0.15) is 6.07 Å². The molecule has 2 aromatic carbocycles. The molecule has 1 aromatic heterocycles. The Morgan fingerprint density at radius 3 is 2.39 bits per heavy atom. The topological polar surface area (TPSA) is 155 Å². The molecule has 2 fully saturated rings. The fourth-order valence-corrected chi connectivity index (χ4v) is 6.88. The monoisotopic (exact) mass is 654 g/mol. The van der Waals surface area contributed by atoms with E-state index >= 15 is 0 Å². The predicted molar refractivity (Wildman–Crippen MR) is 163 cm³/mol. The first-order valence-electron chi connectivity index (χ1n) is 14.6. The number of anilines is 1. The molecule has 0 bridgehead atoms. The molecule has 3 amide bonds. The summed E-state index contributed by atoms with van der Waals surface area (Å²) in [4.78, 5) is 46.7. The summed E-state index contributed by atoms with van der Waals surface area (Å²) < 4.78 is 58.9. The minimum absolute atomic E-state index is 0.0218. The van der Waals surface area contributed by atoms with Gasteiger partial charge in [0.2, 0.25) is 11.7 Å². The van der Waals surface area contributed by atoms with Crippen LogP contribution in [0.4, 0.5) is 14.5 Å². The summed E-state index contributed by atoms with van der Waals surface area (Å²) in [6.45, 7) is 2.48. The third-order valence-electron chi connectivity index (χ3n) is 8.31. The number of halogens is 2. The van der Waals surface area contributed by atoms with E-state index in [4.69, 9.17) is 10.00 Å². The number of imidazole rings is 1. The first-order valence-corrected chi connectivity index (χ1v) is 16.4. The average Bonchev–Trinajstić information content (AvgIpc) is 3.42. The number of nitrogens with one attached hydrogen (secondary N) is 1. The van der Waals surface area contributed by atoms with Crippen LogP contribution < -0.4 is 10.1 Å². The lowest BCUT2D eigenvalue weighted by Gasteiger charge is -2.35. The zero-order valence-electron chi connectivity index (χ0n) is 25.3. The Labute approximate surface area is 264 Å². The van der Waals surface area contributed by atoms with Crippen molar-refractivity contribution in [2.24, 2.45) is 13.0 Å². The van der Waals surface area contributed by atoms with E-state index in [0.717, 1.165) is 0 Å². The van der Waals surface area contributed by atoms with Crippen molar-refractivity contribution in [1.29, 1.82) is 5.26 Å². The number of likely N-dealkylation sites (tertiary alicyclic amines) is 1. The van der Waals surface area contributed by atoms with E-state index in [-0.39, 0.29) is 59.4 Å². The molecule has 5 rings (SSSR count). The third-order valence-corrected chi connectivity index (χ3v) is 9.92. The zero-order chi connectivity index (χ0) is 33.2. The third kappa shape index (κ3) is 6.71. The maximum Gasteiger partial charge on any atom is 0.291 e. The van der Waals surface area contributed by atoms with Crippen LogP contribution in [0, 0.1) is 35.8 Å². The Morgan fingerprint density at radius 1 is 1.04 bits per heavy atom. The molecule has 0 saturated carbocycles. The molecule has 2 saturated heterocycles. The number of nitrogens with zero attached hydrogens (tertiary/aromatic N) is 5. The summed E-state index contributed by atoms with van der Waals surface area (Å²) in [6, 6.07) is 8.98. The molecule has 0 radical (unpaired) electrons. The second-order valence-corrected chi connectivity index (χ2v) is 13.5. The van der Waals surface area contributed by atoms with Crippen LogP contribution in [0.25, 0.3) is 11.3 Å². The predicted octanol–water partition coefficient (Wildman–Crippen LogP) is 2.94. The minimum Gasteiger partial charge on any atom is -0.476 e. The summed E-state index contributed by atoms with van der Waals surface area (Å²) >= 11 is 0. The molecule has 2 aliphatic rings. The number of hydrogen-bond donors (Lipinski definition) is 1. The number of hydrogen-bond acceptors (Lipinski definition) is 8. The number of nitriles is 1. The van der Waals surface area contributed by atoms with Crippen molar-refractivity contribution >= 4 is 33.2 Å². The van der Waals surface area contributed by atoms with E-state index in [1.807, 2.05) is 0 Å². The highest BCUT2D eigenvalue weighted by atomic mass is 32.2. The van der Waals surface area contributed by atoms with Gasteiger partial charge in [0.15, 0.2) is 33.8 Å². The molecule has 3 heterocycles. The van der Waals surface area contributed by atoms with E-state index < -0.39 is 39.7 Å². The zero-order valence-corrected chi connectivity index (χ0v) is 26.1. The van der Waals surface area contributed by atoms with E-state index in [9.17, 15) is 31.6 Å². The number of sulfone groups is 1. The van der Waals surface area contributed by atoms with Crippen LogP contribution in [-0.4, -0.2) is 89.8 Å². The SMILES string of the molecule is Cc1cc(NC(=O)c2ncc(-c3ccc(OCC#N)c(F)c3F)n2C)ccc1C(=O)N1CCC(C(=O)N2CCS(=O)(=O)CC2)CC1. The van der Waals surface area contributed by atoms with E-state index in [1.54, 1.807) is 41.0 Å². The van der Waals surface area contributed by atoms with Gasteiger partial charge < -0.3 is 24.4 Å². The van der Waals surface area contributed by atoms with Gasteiger partial charge in [-0.05, 0) is 55.7 Å². The van der Waals surface area contributed by atoms with Gasteiger partial charge in [-0.15, -0.1) is 0 Å². The van der Waals surface area contributed by atoms with E-state index in [1.165, 1.54) is 29.9 Å². The van der Waals surface area contributed by atoms with Crippen LogP contribution in [0.5, 0.6) is 5.75 Å². The summed E-state index contributed by atoms with van der Waals surface area (Å²) in [6.07, 6.45) is 2.22. The van der Waals surface area contributed by atoms with Gasteiger partial charge in [0.25, 0.3) is 11.8 Å². The quantitative estimate of drug-likeness (QED) is 0.408. The maximum absolute atomic E-state index is 14.8. The first-order chi connectivity index (χ1) is 21.9. The standard InChI is InChI=1S/C31H32F2N6O6S/c1-19-17-21(36-29(40)28-35-18-24(37(28)2)23-5-6-25(45-14-9-34)27(33)26(23)32)3-4-22(19)31(42)38-10-7-20(8-11-38)30(41)39-12-15-46(43,44)16-13-39/h3-6,17-18,20H,7-8,10-16H2,1-2H3,(H,36,40). The summed E-state index contributed by atoms with van der Waals surface area (Å²) in [5.74, 6) is -4.12. The highest BCUT2D eigenvalue weighted by Crippen LogP contribution is 2.30. The van der Waals surface area contributed by atoms with Crippen molar-refractivity contribution < 1.29 is 36.3 Å². The minimum atomic E-state index is -3.09. The smallest absolute Gasteiger partial charge is 0.291 e. The molecule has 0 spiro atoms. The number of benzene rings is 2. The van der Waals surface area contributed by atoms with Crippen LogP contribution in [0.1, 0.15) is 39.4 Å². The van der Waals surface area contributed by atoms with Gasteiger partial charge >= 0.3 is 0 Å². The van der Waals surface area contributed by atoms with Gasteiger partial charge in [-0.3, -0.25) is 14.4 Å². The van der Waals surface area contributed by atoms with Crippen molar-refractivity contribution in [3.05, 3.63) is 65.1 Å². The normalized spacial score (nSPS) is 16.5. The fraction of sp³-hybridized carbons (Fsp3) is 0.387. The molecule has 0 aliphatic carbocycles. The first kappa shape index (κ1) is 32.6. The van der Waals surface area contributed by atoms with E-state index in [0.29, 0.717) is 42.7 Å². The fourth-order valence-electron chi connectivity index (χ4n) is 5.68. The Kier molecular flexibility index (Phi) is 9.38. The summed E-state index contributed by atoms with van der Waals surface area (Å²) in [5, 5.41) is 11.3. The van der Waals surface area contributed by atoms with Gasteiger partial charge in [-0.1, -0.05) is 0 Å². The molecular formula is C31H32F2N6O6S. The summed E-state index contributed by atoms with van der Waals surface area (Å²) in [7, 11) is -1.60. The number of ether oxygens (including phenoxy) is 1. The second kappa shape index (κ2) is 13.3. The van der Waals surface area contributed by atoms with Crippen LogP contribution in [0.3, 0.4) is 0 Å². The van der Waals surface area contributed by atoms with Crippen molar-refractivity contribution in [3.63, 3.8) is 0 Å². The molecule has 15 heteroatoms. The van der Waals surface area contributed by atoms with Gasteiger partial charge in [0, 0.05) is 56.0 Å². The number of piperidine rings is 1. The molecule has 2 aliphatic heterocycles. The van der Waals surface area contributed by atoms with Gasteiger partial charge in [-0.25, -0.2) is 17.8 Å². The average molecular weight is 655 g/mol. The van der Waals surface area contributed by atoms with E-state index in [2.05, 4.69) is 10.3 Å². The molecular weight excluding hydrogens is 622 g/mol. The lowest BCUT2D eigenvalue weighted by atomic mass is 9.94. The van der Waals surface area contributed by atoms with Crippen LogP contribution in [0.15, 0.2) is 36.5 Å². The molecule has 46 heavy (non-hydrogen) atoms. The van der Waals surface area contributed by atoms with Crippen LogP contribution >= 0.6 is 0 Å². The molecule has 0 unspecified atom stereocenters. The molecule has 242 valence electrons. The Bertz CT molecular complexity index is 1830. The number of carbonyl (C=O) groups excluding carboxylic acids is 3.